The van der Waals surface area contributed by atoms with E-state index < -0.39 is 0 Å². The van der Waals surface area contributed by atoms with E-state index in [1.165, 1.54) is 5.56 Å². The van der Waals surface area contributed by atoms with Crippen molar-refractivity contribution in [3.05, 3.63) is 36.2 Å². The van der Waals surface area contributed by atoms with Gasteiger partial charge in [-0.25, -0.2) is 9.97 Å². The van der Waals surface area contributed by atoms with E-state index in [4.69, 9.17) is 0 Å². The summed E-state index contributed by atoms with van der Waals surface area (Å²) in [6.07, 6.45) is 2.69. The summed E-state index contributed by atoms with van der Waals surface area (Å²) in [6, 6.07) is 8.40. The van der Waals surface area contributed by atoms with E-state index in [1.807, 2.05) is 0 Å². The quantitative estimate of drug-likeness (QED) is 0.704. The van der Waals surface area contributed by atoms with Crippen molar-refractivity contribution in [2.75, 3.05) is 11.9 Å². The van der Waals surface area contributed by atoms with Crippen LogP contribution in [0.25, 0.3) is 11.2 Å². The number of benzene rings is 1. The zero-order valence-electron chi connectivity index (χ0n) is 12.1. The van der Waals surface area contributed by atoms with Crippen LogP contribution in [-0.2, 0) is 0 Å². The second-order valence-corrected chi connectivity index (χ2v) is 5.86. The van der Waals surface area contributed by atoms with Crippen LogP contribution in [0.2, 0.25) is 0 Å². The van der Waals surface area contributed by atoms with Gasteiger partial charge in [-0.05, 0) is 25.5 Å². The fourth-order valence-corrected chi connectivity index (χ4v) is 2.79. The maximum atomic E-state index is 4.60. The van der Waals surface area contributed by atoms with Crippen molar-refractivity contribution in [1.29, 1.82) is 0 Å². The van der Waals surface area contributed by atoms with E-state index in [0.29, 0.717) is 11.6 Å². The average molecular weight is 299 g/mol. The number of nitrogens with one attached hydrogen (secondary N) is 2. The topological polar surface area (TPSA) is 66.5 Å². The molecule has 0 fully saturated rings. The van der Waals surface area contributed by atoms with Gasteiger partial charge in [0.25, 0.3) is 0 Å². The van der Waals surface area contributed by atoms with Gasteiger partial charge >= 0.3 is 0 Å². The molecule has 6 heteroatoms. The highest BCUT2D eigenvalue weighted by atomic mass is 32.2. The van der Waals surface area contributed by atoms with Crippen LogP contribution in [0.5, 0.6) is 0 Å². The Labute approximate surface area is 127 Å². The number of anilines is 1. The van der Waals surface area contributed by atoms with Gasteiger partial charge in [0, 0.05) is 11.4 Å². The largest absolute Gasteiger partial charge is 0.354 e. The van der Waals surface area contributed by atoms with Crippen molar-refractivity contribution in [3.8, 4) is 0 Å². The molecule has 0 unspecified atom stereocenters. The second kappa shape index (κ2) is 6.13. The van der Waals surface area contributed by atoms with Crippen LogP contribution >= 0.6 is 11.8 Å². The molecular formula is C15H17N5S. The molecule has 0 spiro atoms. The van der Waals surface area contributed by atoms with Crippen LogP contribution in [-0.4, -0.2) is 26.5 Å². The van der Waals surface area contributed by atoms with E-state index in [-0.39, 0.29) is 0 Å². The van der Waals surface area contributed by atoms with E-state index in [0.717, 1.165) is 28.4 Å². The standard InChI is InChI=1S/C15H17N5S/c1-3-8-16-15-19-13-12(17-9-18-13)14(20-15)21-11-6-4-10(2)5-7-11/h4-7,9H,3,8H2,1-2H3,(H2,16,17,18,19,20). The summed E-state index contributed by atoms with van der Waals surface area (Å²) in [5.41, 5.74) is 2.82. The first-order valence-electron chi connectivity index (χ1n) is 6.96. The Bertz CT molecular complexity index is 735. The monoisotopic (exact) mass is 299 g/mol. The zero-order valence-corrected chi connectivity index (χ0v) is 12.9. The number of hydrogen-bond donors (Lipinski definition) is 2. The van der Waals surface area contributed by atoms with Crippen molar-refractivity contribution in [1.82, 2.24) is 19.9 Å². The molecule has 0 bridgehead atoms. The molecule has 108 valence electrons. The lowest BCUT2D eigenvalue weighted by Crippen LogP contribution is -2.05. The highest BCUT2D eigenvalue weighted by Gasteiger charge is 2.11. The number of nitrogens with zero attached hydrogens (tertiary/aromatic N) is 3. The number of hydrogen-bond acceptors (Lipinski definition) is 5. The van der Waals surface area contributed by atoms with Crippen molar-refractivity contribution in [3.63, 3.8) is 0 Å². The fraction of sp³-hybridized carbons (Fsp3) is 0.267. The van der Waals surface area contributed by atoms with E-state index in [2.05, 4.69) is 63.4 Å². The Kier molecular flexibility index (Phi) is 4.06. The summed E-state index contributed by atoms with van der Waals surface area (Å²) in [4.78, 5) is 17.5. The Hall–Kier alpha value is -2.08. The smallest absolute Gasteiger partial charge is 0.225 e. The van der Waals surface area contributed by atoms with Gasteiger partial charge in [0.1, 0.15) is 10.5 Å². The molecule has 0 saturated heterocycles. The van der Waals surface area contributed by atoms with Crippen LogP contribution in [0.15, 0.2) is 40.5 Å². The molecule has 21 heavy (non-hydrogen) atoms. The lowest BCUT2D eigenvalue weighted by Gasteiger charge is -2.06. The van der Waals surface area contributed by atoms with Crippen LogP contribution in [0.3, 0.4) is 0 Å². The van der Waals surface area contributed by atoms with Gasteiger partial charge in [0.15, 0.2) is 5.65 Å². The molecule has 0 saturated carbocycles. The maximum Gasteiger partial charge on any atom is 0.225 e. The highest BCUT2D eigenvalue weighted by molar-refractivity contribution is 7.99. The van der Waals surface area contributed by atoms with Gasteiger partial charge in [-0.15, -0.1) is 0 Å². The minimum atomic E-state index is 0.631. The molecule has 3 rings (SSSR count). The number of fused-ring (bicyclic) bond motifs is 1. The lowest BCUT2D eigenvalue weighted by molar-refractivity contribution is 0.943. The summed E-state index contributed by atoms with van der Waals surface area (Å²) < 4.78 is 0. The molecule has 0 aliphatic rings. The van der Waals surface area contributed by atoms with Gasteiger partial charge in [-0.2, -0.15) is 4.98 Å². The summed E-state index contributed by atoms with van der Waals surface area (Å²) in [7, 11) is 0. The molecule has 0 aliphatic carbocycles. The zero-order chi connectivity index (χ0) is 14.7. The Morgan fingerprint density at radius 2 is 2.00 bits per heavy atom. The van der Waals surface area contributed by atoms with Crippen LogP contribution in [0.4, 0.5) is 5.95 Å². The van der Waals surface area contributed by atoms with Crippen LogP contribution in [0.1, 0.15) is 18.9 Å². The Morgan fingerprint density at radius 3 is 2.76 bits per heavy atom. The predicted octanol–water partition coefficient (Wildman–Crippen LogP) is 3.63. The third kappa shape index (κ3) is 3.16. The fourth-order valence-electron chi connectivity index (χ4n) is 1.91. The Morgan fingerprint density at radius 1 is 1.19 bits per heavy atom. The number of aromatic amines is 1. The van der Waals surface area contributed by atoms with E-state index >= 15 is 0 Å². The number of imidazole rings is 1. The normalized spacial score (nSPS) is 11.0. The van der Waals surface area contributed by atoms with Crippen LogP contribution in [0, 0.1) is 6.92 Å². The molecule has 0 radical (unpaired) electrons. The van der Waals surface area contributed by atoms with Gasteiger partial charge in [0.05, 0.1) is 6.33 Å². The van der Waals surface area contributed by atoms with Crippen molar-refractivity contribution in [2.24, 2.45) is 0 Å². The molecule has 2 heterocycles. The van der Waals surface area contributed by atoms with E-state index in [9.17, 15) is 0 Å². The van der Waals surface area contributed by atoms with Crippen molar-refractivity contribution in [2.45, 2.75) is 30.2 Å². The molecule has 0 aliphatic heterocycles. The lowest BCUT2D eigenvalue weighted by atomic mass is 10.2. The SMILES string of the molecule is CCCNc1nc(Sc2ccc(C)cc2)c2[nH]cnc2n1. The Balaban J connectivity index is 1.95. The third-order valence-electron chi connectivity index (χ3n) is 3.02. The first-order chi connectivity index (χ1) is 10.3. The number of rotatable bonds is 5. The summed E-state index contributed by atoms with van der Waals surface area (Å²) >= 11 is 1.62. The molecule has 2 aromatic heterocycles. The predicted molar refractivity (Wildman–Crippen MR) is 85.8 cm³/mol. The maximum absolute atomic E-state index is 4.60. The van der Waals surface area contributed by atoms with Gasteiger partial charge < -0.3 is 10.3 Å². The summed E-state index contributed by atoms with van der Waals surface area (Å²) in [6.45, 7) is 5.05. The summed E-state index contributed by atoms with van der Waals surface area (Å²) in [5, 5.41) is 4.11. The number of aromatic nitrogens is 4. The van der Waals surface area contributed by atoms with Crippen molar-refractivity contribution >= 4 is 28.9 Å². The number of aryl methyl sites for hydroxylation is 1. The third-order valence-corrected chi connectivity index (χ3v) is 4.02. The molecule has 1 aromatic carbocycles. The van der Waals surface area contributed by atoms with Crippen LogP contribution < -0.4 is 5.32 Å². The van der Waals surface area contributed by atoms with Gasteiger partial charge in [0.2, 0.25) is 5.95 Å². The summed E-state index contributed by atoms with van der Waals surface area (Å²) in [5.74, 6) is 0.631. The molecule has 3 aromatic rings. The van der Waals surface area contributed by atoms with Crippen molar-refractivity contribution < 1.29 is 0 Å². The molecule has 0 amide bonds. The number of H-pyrrole nitrogens is 1. The molecule has 0 atom stereocenters. The van der Waals surface area contributed by atoms with Gasteiger partial charge in [-0.3, -0.25) is 0 Å². The first-order valence-corrected chi connectivity index (χ1v) is 7.77. The highest BCUT2D eigenvalue weighted by Crippen LogP contribution is 2.31. The second-order valence-electron chi connectivity index (χ2n) is 4.80. The average Bonchev–Trinajstić information content (AvgIpc) is 2.96. The minimum Gasteiger partial charge on any atom is -0.354 e. The molecule has 5 nitrogen and oxygen atoms in total. The first kappa shape index (κ1) is 13.9. The van der Waals surface area contributed by atoms with Gasteiger partial charge in [-0.1, -0.05) is 36.4 Å². The molecule has 2 N–H and O–H groups in total. The van der Waals surface area contributed by atoms with E-state index in [1.54, 1.807) is 18.1 Å². The molecular weight excluding hydrogens is 282 g/mol. The minimum absolute atomic E-state index is 0.631.